The van der Waals surface area contributed by atoms with Crippen LogP contribution in [0.25, 0.3) is 27.9 Å². The summed E-state index contributed by atoms with van der Waals surface area (Å²) in [5.41, 5.74) is 5.55. The van der Waals surface area contributed by atoms with Crippen molar-refractivity contribution < 1.29 is 0 Å². The molecule has 2 aromatic carbocycles. The molecule has 3 nitrogen and oxygen atoms in total. The number of fused-ring (bicyclic) bond motifs is 3. The highest BCUT2D eigenvalue weighted by Crippen LogP contribution is 2.32. The molecule has 0 amide bonds. The molecule has 0 radical (unpaired) electrons. The van der Waals surface area contributed by atoms with E-state index in [0.29, 0.717) is 10.0 Å². The first-order valence-electron chi connectivity index (χ1n) is 7.26. The molecule has 23 heavy (non-hydrogen) atoms. The molecule has 0 bridgehead atoms. The van der Waals surface area contributed by atoms with Crippen LogP contribution in [0.4, 0.5) is 0 Å². The van der Waals surface area contributed by atoms with Crippen LogP contribution in [0, 0.1) is 13.8 Å². The Bertz CT molecular complexity index is 1070. The highest BCUT2D eigenvalue weighted by atomic mass is 35.5. The van der Waals surface area contributed by atoms with Gasteiger partial charge < -0.3 is 0 Å². The molecule has 114 valence electrons. The Morgan fingerprint density at radius 3 is 2.43 bits per heavy atom. The van der Waals surface area contributed by atoms with E-state index < -0.39 is 0 Å². The maximum Gasteiger partial charge on any atom is 0.146 e. The summed E-state index contributed by atoms with van der Waals surface area (Å²) in [5, 5.41) is 1.34. The van der Waals surface area contributed by atoms with Gasteiger partial charge in [0.15, 0.2) is 0 Å². The van der Waals surface area contributed by atoms with Crippen LogP contribution in [0.5, 0.6) is 0 Å². The molecule has 0 saturated heterocycles. The first-order valence-corrected chi connectivity index (χ1v) is 8.01. The first-order chi connectivity index (χ1) is 11.1. The molecule has 0 spiro atoms. The minimum atomic E-state index is 0.668. The second-order valence-corrected chi connectivity index (χ2v) is 6.36. The Morgan fingerprint density at radius 1 is 0.913 bits per heavy atom. The van der Waals surface area contributed by atoms with Crippen molar-refractivity contribution in [2.45, 2.75) is 13.8 Å². The number of aromatic nitrogens is 3. The molecule has 0 unspecified atom stereocenters. The van der Waals surface area contributed by atoms with Crippen LogP contribution in [-0.2, 0) is 0 Å². The molecular weight excluding hydrogens is 329 g/mol. The van der Waals surface area contributed by atoms with Crippen LogP contribution in [0.3, 0.4) is 0 Å². The fourth-order valence-corrected chi connectivity index (χ4v) is 3.40. The average Bonchev–Trinajstić information content (AvgIpc) is 2.87. The van der Waals surface area contributed by atoms with Crippen molar-refractivity contribution in [3.63, 3.8) is 0 Å². The molecule has 0 aliphatic carbocycles. The predicted molar refractivity (Wildman–Crippen MR) is 95.4 cm³/mol. The Morgan fingerprint density at radius 2 is 1.65 bits per heavy atom. The van der Waals surface area contributed by atoms with Gasteiger partial charge in [0.05, 0.1) is 33.0 Å². The molecule has 4 aromatic rings. The Balaban J connectivity index is 2.24. The number of imidazole rings is 1. The first kappa shape index (κ1) is 14.5. The molecule has 2 aromatic heterocycles. The molecule has 4 rings (SSSR count). The van der Waals surface area contributed by atoms with Gasteiger partial charge in [-0.05, 0) is 44.2 Å². The number of hydrogen-bond donors (Lipinski definition) is 0. The summed E-state index contributed by atoms with van der Waals surface area (Å²) in [6, 6.07) is 13.4. The summed E-state index contributed by atoms with van der Waals surface area (Å²) < 4.78 is 2.10. The SMILES string of the molecule is Cc1nc(-c2ccccc2Cl)n2c1c(C)nc1ccc(Cl)cc12. The number of nitrogens with zero attached hydrogens (tertiary/aromatic N) is 3. The summed E-state index contributed by atoms with van der Waals surface area (Å²) in [7, 11) is 0. The van der Waals surface area contributed by atoms with Gasteiger partial charge in [-0.25, -0.2) is 9.97 Å². The van der Waals surface area contributed by atoms with Gasteiger partial charge in [0, 0.05) is 10.6 Å². The second-order valence-electron chi connectivity index (χ2n) is 5.51. The summed E-state index contributed by atoms with van der Waals surface area (Å²) in [6.07, 6.45) is 0. The van der Waals surface area contributed by atoms with E-state index in [1.54, 1.807) is 0 Å². The smallest absolute Gasteiger partial charge is 0.146 e. The summed E-state index contributed by atoms with van der Waals surface area (Å²) in [6.45, 7) is 3.98. The van der Waals surface area contributed by atoms with Crippen molar-refractivity contribution in [3.8, 4) is 11.4 Å². The number of hydrogen-bond acceptors (Lipinski definition) is 2. The van der Waals surface area contributed by atoms with Gasteiger partial charge in [0.1, 0.15) is 5.82 Å². The third-order valence-corrected chi connectivity index (χ3v) is 4.54. The fraction of sp³-hybridized carbons (Fsp3) is 0.111. The van der Waals surface area contributed by atoms with Crippen LogP contribution in [0.15, 0.2) is 42.5 Å². The fourth-order valence-electron chi connectivity index (χ4n) is 3.01. The third kappa shape index (κ3) is 2.19. The molecule has 0 saturated carbocycles. The highest BCUT2D eigenvalue weighted by Gasteiger charge is 2.17. The van der Waals surface area contributed by atoms with Crippen molar-refractivity contribution >= 4 is 39.8 Å². The van der Waals surface area contributed by atoms with E-state index in [4.69, 9.17) is 28.2 Å². The van der Waals surface area contributed by atoms with E-state index in [-0.39, 0.29) is 0 Å². The maximum atomic E-state index is 6.40. The maximum absolute atomic E-state index is 6.40. The third-order valence-electron chi connectivity index (χ3n) is 3.98. The minimum absolute atomic E-state index is 0.668. The van der Waals surface area contributed by atoms with Gasteiger partial charge in [0.2, 0.25) is 0 Å². The molecule has 0 fully saturated rings. The zero-order valence-electron chi connectivity index (χ0n) is 12.6. The van der Waals surface area contributed by atoms with Gasteiger partial charge in [-0.1, -0.05) is 35.3 Å². The van der Waals surface area contributed by atoms with Gasteiger partial charge in [0.25, 0.3) is 0 Å². The number of benzene rings is 2. The quantitative estimate of drug-likeness (QED) is 0.459. The van der Waals surface area contributed by atoms with E-state index >= 15 is 0 Å². The number of rotatable bonds is 1. The standard InChI is InChI=1S/C18H13Cl2N3/c1-10-17-11(2)22-18(13-5-3-4-6-14(13)20)23(17)16-9-12(19)7-8-15(16)21-10/h3-9H,1-2H3. The molecular formula is C18H13Cl2N3. The largest absolute Gasteiger partial charge is 0.289 e. The molecule has 0 N–H and O–H groups in total. The summed E-state index contributed by atoms with van der Waals surface area (Å²) in [5.74, 6) is 0.806. The van der Waals surface area contributed by atoms with Crippen LogP contribution in [-0.4, -0.2) is 14.4 Å². The number of aryl methyl sites for hydroxylation is 2. The minimum Gasteiger partial charge on any atom is -0.289 e. The van der Waals surface area contributed by atoms with Crippen LogP contribution >= 0.6 is 23.2 Å². The Hall–Kier alpha value is -2.10. The molecule has 0 atom stereocenters. The lowest BCUT2D eigenvalue weighted by molar-refractivity contribution is 1.16. The van der Waals surface area contributed by atoms with Crippen molar-refractivity contribution in [1.29, 1.82) is 0 Å². The lowest BCUT2D eigenvalue weighted by atomic mass is 10.2. The van der Waals surface area contributed by atoms with Crippen LogP contribution in [0.1, 0.15) is 11.4 Å². The van der Waals surface area contributed by atoms with Crippen LogP contribution < -0.4 is 0 Å². The molecule has 0 aliphatic rings. The molecule has 2 heterocycles. The molecule has 5 heteroatoms. The zero-order valence-corrected chi connectivity index (χ0v) is 14.2. The van der Waals surface area contributed by atoms with Gasteiger partial charge in [-0.2, -0.15) is 0 Å². The Kier molecular flexibility index (Phi) is 3.29. The predicted octanol–water partition coefficient (Wildman–Crippen LogP) is 5.47. The highest BCUT2D eigenvalue weighted by molar-refractivity contribution is 6.33. The van der Waals surface area contributed by atoms with Gasteiger partial charge in [-0.3, -0.25) is 4.40 Å². The van der Waals surface area contributed by atoms with E-state index in [2.05, 4.69) is 9.38 Å². The van der Waals surface area contributed by atoms with E-state index in [1.807, 2.05) is 56.3 Å². The second kappa shape index (κ2) is 5.22. The van der Waals surface area contributed by atoms with Crippen LogP contribution in [0.2, 0.25) is 10.0 Å². The van der Waals surface area contributed by atoms with Gasteiger partial charge >= 0.3 is 0 Å². The van der Waals surface area contributed by atoms with Crippen molar-refractivity contribution in [1.82, 2.24) is 14.4 Å². The molecule has 0 aliphatic heterocycles. The zero-order chi connectivity index (χ0) is 16.1. The monoisotopic (exact) mass is 341 g/mol. The van der Waals surface area contributed by atoms with E-state index in [1.165, 1.54) is 0 Å². The van der Waals surface area contributed by atoms with Crippen molar-refractivity contribution in [2.24, 2.45) is 0 Å². The summed E-state index contributed by atoms with van der Waals surface area (Å²) in [4.78, 5) is 9.44. The Labute approximate surface area is 143 Å². The van der Waals surface area contributed by atoms with Crippen molar-refractivity contribution in [3.05, 3.63) is 63.9 Å². The van der Waals surface area contributed by atoms with E-state index in [0.717, 1.165) is 39.3 Å². The lowest BCUT2D eigenvalue weighted by Crippen LogP contribution is -1.97. The normalized spacial score (nSPS) is 11.5. The average molecular weight is 342 g/mol. The lowest BCUT2D eigenvalue weighted by Gasteiger charge is -2.09. The summed E-state index contributed by atoms with van der Waals surface area (Å²) >= 11 is 12.6. The van der Waals surface area contributed by atoms with Gasteiger partial charge in [-0.15, -0.1) is 0 Å². The number of halogens is 2. The van der Waals surface area contributed by atoms with Crippen molar-refractivity contribution in [2.75, 3.05) is 0 Å². The van der Waals surface area contributed by atoms with E-state index in [9.17, 15) is 0 Å². The topological polar surface area (TPSA) is 30.2 Å².